The van der Waals surface area contributed by atoms with Crippen LogP contribution < -0.4 is 25.7 Å². The molecule has 0 saturated heterocycles. The number of benzene rings is 2. The van der Waals surface area contributed by atoms with Crippen molar-refractivity contribution in [3.8, 4) is 28.4 Å². The van der Waals surface area contributed by atoms with E-state index in [1.807, 2.05) is 18.2 Å². The van der Waals surface area contributed by atoms with Crippen LogP contribution in [0.1, 0.15) is 6.42 Å². The third-order valence-corrected chi connectivity index (χ3v) is 3.76. The summed E-state index contributed by atoms with van der Waals surface area (Å²) in [4.78, 5) is 0. The molecule has 0 aromatic heterocycles. The first-order valence-corrected chi connectivity index (χ1v) is 7.89. The zero-order valence-electron chi connectivity index (χ0n) is 13.3. The Balaban J connectivity index is 2.52. The maximum Gasteiger partial charge on any atom is 0.184 e. The minimum Gasteiger partial charge on any atom is -0.495 e. The van der Waals surface area contributed by atoms with Gasteiger partial charge in [0, 0.05) is 5.56 Å². The average Bonchev–Trinajstić information content (AvgIpc) is 2.56. The molecule has 0 atom stereocenters. The molecule has 0 aliphatic carbocycles. The Hall–Kier alpha value is -2.21. The lowest BCUT2D eigenvalue weighted by atomic mass is 10.0. The molecule has 4 N–H and O–H groups in total. The standard InChI is InChI=1S/C17H22N2O3S/c1-20-15-10-11(4-6-13(15)18)12-5-7-14(19)17(21-2)16(12)22-8-3-9-23/h4-7,10,23H,3,8-9,18-19H2,1-2H3. The van der Waals surface area contributed by atoms with Crippen LogP contribution in [0.4, 0.5) is 11.4 Å². The van der Waals surface area contributed by atoms with Crippen LogP contribution >= 0.6 is 12.6 Å². The molecule has 0 bridgehead atoms. The van der Waals surface area contributed by atoms with Crippen molar-refractivity contribution < 1.29 is 14.2 Å². The van der Waals surface area contributed by atoms with E-state index in [0.717, 1.165) is 23.3 Å². The second-order valence-corrected chi connectivity index (χ2v) is 5.39. The van der Waals surface area contributed by atoms with Crippen LogP contribution in [-0.4, -0.2) is 26.6 Å². The van der Waals surface area contributed by atoms with Crippen molar-refractivity contribution in [1.29, 1.82) is 0 Å². The smallest absolute Gasteiger partial charge is 0.184 e. The highest BCUT2D eigenvalue weighted by Gasteiger charge is 2.16. The summed E-state index contributed by atoms with van der Waals surface area (Å²) in [5.41, 5.74) is 14.8. The zero-order chi connectivity index (χ0) is 16.8. The Bertz CT molecular complexity index is 677. The van der Waals surface area contributed by atoms with Crippen LogP contribution in [0, 0.1) is 0 Å². The van der Waals surface area contributed by atoms with Gasteiger partial charge in [-0.2, -0.15) is 12.6 Å². The Morgan fingerprint density at radius 3 is 2.35 bits per heavy atom. The minimum absolute atomic E-state index is 0.525. The molecule has 0 aliphatic heterocycles. The fourth-order valence-corrected chi connectivity index (χ4v) is 2.41. The number of nitrogen functional groups attached to an aromatic ring is 2. The molecule has 2 aromatic carbocycles. The van der Waals surface area contributed by atoms with Crippen molar-refractivity contribution in [3.63, 3.8) is 0 Å². The van der Waals surface area contributed by atoms with Gasteiger partial charge in [-0.05, 0) is 42.0 Å². The lowest BCUT2D eigenvalue weighted by Crippen LogP contribution is -2.04. The van der Waals surface area contributed by atoms with Gasteiger partial charge in [0.1, 0.15) is 5.75 Å². The summed E-state index contributed by atoms with van der Waals surface area (Å²) < 4.78 is 16.6. The molecule has 5 nitrogen and oxygen atoms in total. The van der Waals surface area contributed by atoms with E-state index >= 15 is 0 Å². The van der Waals surface area contributed by atoms with E-state index in [0.29, 0.717) is 35.2 Å². The molecule has 0 aliphatic rings. The maximum absolute atomic E-state index is 6.00. The van der Waals surface area contributed by atoms with Crippen LogP contribution in [0.3, 0.4) is 0 Å². The minimum atomic E-state index is 0.525. The van der Waals surface area contributed by atoms with Gasteiger partial charge in [-0.25, -0.2) is 0 Å². The Kier molecular flexibility index (Phi) is 5.87. The Morgan fingerprint density at radius 2 is 1.70 bits per heavy atom. The predicted octanol–water partition coefficient (Wildman–Crippen LogP) is 3.23. The van der Waals surface area contributed by atoms with Crippen LogP contribution in [-0.2, 0) is 0 Å². The molecule has 0 spiro atoms. The maximum atomic E-state index is 6.00. The van der Waals surface area contributed by atoms with Gasteiger partial charge in [0.25, 0.3) is 0 Å². The number of rotatable bonds is 7. The highest BCUT2D eigenvalue weighted by molar-refractivity contribution is 7.80. The van der Waals surface area contributed by atoms with E-state index in [2.05, 4.69) is 12.6 Å². The number of thiol groups is 1. The van der Waals surface area contributed by atoms with Crippen molar-refractivity contribution in [3.05, 3.63) is 30.3 Å². The van der Waals surface area contributed by atoms with Crippen molar-refractivity contribution in [2.45, 2.75) is 6.42 Å². The van der Waals surface area contributed by atoms with E-state index in [1.54, 1.807) is 26.4 Å². The molecular weight excluding hydrogens is 312 g/mol. The van der Waals surface area contributed by atoms with E-state index in [9.17, 15) is 0 Å². The topological polar surface area (TPSA) is 79.7 Å². The lowest BCUT2D eigenvalue weighted by molar-refractivity contribution is 0.297. The van der Waals surface area contributed by atoms with Crippen LogP contribution in [0.5, 0.6) is 17.2 Å². The number of hydrogen-bond acceptors (Lipinski definition) is 6. The van der Waals surface area contributed by atoms with Crippen LogP contribution in [0.25, 0.3) is 11.1 Å². The highest BCUT2D eigenvalue weighted by Crippen LogP contribution is 2.43. The summed E-state index contributed by atoms with van der Waals surface area (Å²) in [6.07, 6.45) is 0.825. The number of nitrogens with two attached hydrogens (primary N) is 2. The van der Waals surface area contributed by atoms with Gasteiger partial charge < -0.3 is 25.7 Å². The fourth-order valence-electron chi connectivity index (χ4n) is 2.28. The molecule has 0 saturated carbocycles. The summed E-state index contributed by atoms with van der Waals surface area (Å²) in [7, 11) is 3.16. The molecule has 6 heteroatoms. The Labute approximate surface area is 141 Å². The predicted molar refractivity (Wildman–Crippen MR) is 97.8 cm³/mol. The largest absolute Gasteiger partial charge is 0.495 e. The van der Waals surface area contributed by atoms with Gasteiger partial charge in [-0.3, -0.25) is 0 Å². The average molecular weight is 334 g/mol. The van der Waals surface area contributed by atoms with Crippen molar-refractivity contribution in [2.75, 3.05) is 38.0 Å². The monoisotopic (exact) mass is 334 g/mol. The Morgan fingerprint density at radius 1 is 0.957 bits per heavy atom. The van der Waals surface area contributed by atoms with Crippen LogP contribution in [0.2, 0.25) is 0 Å². The highest BCUT2D eigenvalue weighted by atomic mass is 32.1. The lowest BCUT2D eigenvalue weighted by Gasteiger charge is -2.17. The molecule has 0 fully saturated rings. The van der Waals surface area contributed by atoms with E-state index in [-0.39, 0.29) is 0 Å². The molecule has 23 heavy (non-hydrogen) atoms. The van der Waals surface area contributed by atoms with E-state index in [1.165, 1.54) is 0 Å². The molecule has 2 rings (SSSR count). The zero-order valence-corrected chi connectivity index (χ0v) is 14.2. The van der Waals surface area contributed by atoms with Gasteiger partial charge in [0.15, 0.2) is 11.5 Å². The fraction of sp³-hybridized carbons (Fsp3) is 0.294. The summed E-state index contributed by atoms with van der Waals surface area (Å²) in [5.74, 6) is 2.49. The van der Waals surface area contributed by atoms with Crippen LogP contribution in [0.15, 0.2) is 30.3 Å². The van der Waals surface area contributed by atoms with Gasteiger partial charge in [-0.1, -0.05) is 6.07 Å². The number of hydrogen-bond donors (Lipinski definition) is 3. The quantitative estimate of drug-likeness (QED) is 0.411. The first-order valence-electron chi connectivity index (χ1n) is 7.26. The molecule has 0 radical (unpaired) electrons. The molecule has 2 aromatic rings. The van der Waals surface area contributed by atoms with E-state index < -0.39 is 0 Å². The van der Waals surface area contributed by atoms with E-state index in [4.69, 9.17) is 25.7 Å². The van der Waals surface area contributed by atoms with Gasteiger partial charge in [0.2, 0.25) is 0 Å². The van der Waals surface area contributed by atoms with Crippen molar-refractivity contribution in [1.82, 2.24) is 0 Å². The van der Waals surface area contributed by atoms with Gasteiger partial charge in [0.05, 0.1) is 32.2 Å². The second-order valence-electron chi connectivity index (χ2n) is 4.95. The van der Waals surface area contributed by atoms with Gasteiger partial charge >= 0.3 is 0 Å². The molecular formula is C17H22N2O3S. The number of anilines is 2. The number of methoxy groups -OCH3 is 2. The molecule has 0 heterocycles. The molecule has 0 amide bonds. The molecule has 0 unspecified atom stereocenters. The normalized spacial score (nSPS) is 10.4. The van der Waals surface area contributed by atoms with Crippen molar-refractivity contribution >= 4 is 24.0 Å². The molecule has 124 valence electrons. The summed E-state index contributed by atoms with van der Waals surface area (Å²) >= 11 is 4.20. The summed E-state index contributed by atoms with van der Waals surface area (Å²) in [6, 6.07) is 9.27. The second kappa shape index (κ2) is 7.87. The van der Waals surface area contributed by atoms with Crippen molar-refractivity contribution in [2.24, 2.45) is 0 Å². The first-order chi connectivity index (χ1) is 11.1. The first kappa shape index (κ1) is 17.1. The third-order valence-electron chi connectivity index (χ3n) is 3.44. The number of ether oxygens (including phenoxy) is 3. The summed E-state index contributed by atoms with van der Waals surface area (Å²) in [6.45, 7) is 0.530. The third kappa shape index (κ3) is 3.76. The SMILES string of the molecule is COc1cc(-c2ccc(N)c(OC)c2OCCCS)ccc1N. The van der Waals surface area contributed by atoms with Gasteiger partial charge in [-0.15, -0.1) is 0 Å². The summed E-state index contributed by atoms with van der Waals surface area (Å²) in [5, 5.41) is 0.